The lowest BCUT2D eigenvalue weighted by atomic mass is 10.1. The highest BCUT2D eigenvalue weighted by atomic mass is 28.2. The van der Waals surface area contributed by atoms with Crippen LogP contribution in [-0.4, -0.2) is 56.2 Å². The maximum absolute atomic E-state index is 11.4. The topological polar surface area (TPSA) is 72.8 Å². The van der Waals surface area contributed by atoms with Gasteiger partial charge in [-0.15, -0.1) is 0 Å². The molecule has 0 aromatic heterocycles. The molecule has 2 radical (unpaired) electrons. The lowest BCUT2D eigenvalue weighted by Crippen LogP contribution is -2.31. The van der Waals surface area contributed by atoms with Crippen LogP contribution >= 0.6 is 0 Å². The van der Waals surface area contributed by atoms with Crippen molar-refractivity contribution in [1.29, 1.82) is 0 Å². The zero-order chi connectivity index (χ0) is 13.4. The van der Waals surface area contributed by atoms with Crippen molar-refractivity contribution in [3.8, 4) is 0 Å². The van der Waals surface area contributed by atoms with Crippen LogP contribution in [0.15, 0.2) is 0 Å². The summed E-state index contributed by atoms with van der Waals surface area (Å²) >= 11 is 0. The van der Waals surface area contributed by atoms with Crippen LogP contribution in [0.25, 0.3) is 0 Å². The fourth-order valence-corrected chi connectivity index (χ4v) is 3.29. The van der Waals surface area contributed by atoms with Crippen molar-refractivity contribution < 1.29 is 15.0 Å². The first kappa shape index (κ1) is 15.5. The van der Waals surface area contributed by atoms with Gasteiger partial charge in [0, 0.05) is 19.6 Å². The van der Waals surface area contributed by atoms with E-state index in [0.717, 1.165) is 38.9 Å². The second-order valence-corrected chi connectivity index (χ2v) is 6.41. The number of carbonyl (C=O) groups is 1. The van der Waals surface area contributed by atoms with E-state index in [0.29, 0.717) is 5.54 Å². The molecule has 0 aromatic carbocycles. The van der Waals surface area contributed by atoms with Crippen LogP contribution in [0.3, 0.4) is 0 Å². The van der Waals surface area contributed by atoms with E-state index in [4.69, 9.17) is 10.2 Å². The van der Waals surface area contributed by atoms with Crippen molar-refractivity contribution in [2.75, 3.05) is 19.6 Å². The molecule has 18 heavy (non-hydrogen) atoms. The van der Waals surface area contributed by atoms with Gasteiger partial charge in [0.1, 0.15) is 15.4 Å². The largest absolute Gasteiger partial charge is 0.372 e. The van der Waals surface area contributed by atoms with E-state index in [-0.39, 0.29) is 15.6 Å². The summed E-state index contributed by atoms with van der Waals surface area (Å²) < 4.78 is 0. The molecule has 1 unspecified atom stereocenters. The predicted molar refractivity (Wildman–Crippen MR) is 71.5 cm³/mol. The molecule has 0 saturated carbocycles. The SMILES string of the molecule is CCCCCC(CCN1CCNC1=O)[Si]C(O)O. The van der Waals surface area contributed by atoms with E-state index >= 15 is 0 Å². The summed E-state index contributed by atoms with van der Waals surface area (Å²) in [6, 6.07) is 0.00943. The van der Waals surface area contributed by atoms with Crippen LogP contribution < -0.4 is 5.32 Å². The molecule has 104 valence electrons. The number of aliphatic hydroxyl groups is 2. The predicted octanol–water partition coefficient (Wildman–Crippen LogP) is 0.743. The third-order valence-corrected chi connectivity index (χ3v) is 4.58. The molecular weight excluding hydrogens is 248 g/mol. The van der Waals surface area contributed by atoms with E-state index in [1.165, 1.54) is 12.8 Å². The first-order chi connectivity index (χ1) is 8.63. The van der Waals surface area contributed by atoms with Gasteiger partial charge in [0.15, 0.2) is 0 Å². The summed E-state index contributed by atoms with van der Waals surface area (Å²) in [4.78, 5) is 13.2. The van der Waals surface area contributed by atoms with E-state index in [2.05, 4.69) is 12.2 Å². The van der Waals surface area contributed by atoms with E-state index in [1.54, 1.807) is 4.90 Å². The average molecular weight is 272 g/mol. The van der Waals surface area contributed by atoms with Crippen LogP contribution in [-0.2, 0) is 0 Å². The Hall–Kier alpha value is -0.593. The highest BCUT2D eigenvalue weighted by molar-refractivity contribution is 6.38. The Morgan fingerprint density at radius 3 is 2.72 bits per heavy atom. The number of hydrogen-bond acceptors (Lipinski definition) is 3. The molecule has 0 spiro atoms. The number of hydrogen-bond donors (Lipinski definition) is 3. The number of nitrogens with one attached hydrogen (secondary N) is 1. The molecule has 1 aliphatic rings. The number of unbranched alkanes of at least 4 members (excludes halogenated alkanes) is 2. The molecule has 0 bridgehead atoms. The molecule has 0 aliphatic carbocycles. The van der Waals surface area contributed by atoms with Crippen LogP contribution in [0.1, 0.15) is 39.0 Å². The molecule has 1 rings (SSSR count). The van der Waals surface area contributed by atoms with Gasteiger partial charge >= 0.3 is 6.03 Å². The second kappa shape index (κ2) is 8.50. The normalized spacial score (nSPS) is 17.3. The molecule has 1 heterocycles. The minimum atomic E-state index is -1.20. The number of carbonyl (C=O) groups excluding carboxylic acids is 1. The third-order valence-electron chi connectivity index (χ3n) is 3.23. The Morgan fingerprint density at radius 1 is 1.39 bits per heavy atom. The third kappa shape index (κ3) is 5.84. The Labute approximate surface area is 111 Å². The molecule has 1 saturated heterocycles. The van der Waals surface area contributed by atoms with E-state index < -0.39 is 5.91 Å². The van der Waals surface area contributed by atoms with Gasteiger partial charge in [-0.2, -0.15) is 0 Å². The number of rotatable bonds is 9. The Morgan fingerprint density at radius 2 is 2.17 bits per heavy atom. The van der Waals surface area contributed by atoms with Gasteiger partial charge in [-0.1, -0.05) is 32.6 Å². The van der Waals surface area contributed by atoms with Gasteiger partial charge in [0.25, 0.3) is 0 Å². The molecule has 6 heteroatoms. The summed E-state index contributed by atoms with van der Waals surface area (Å²) in [6.45, 7) is 4.38. The van der Waals surface area contributed by atoms with Crippen LogP contribution in [0.4, 0.5) is 4.79 Å². The molecule has 2 amide bonds. The summed E-state index contributed by atoms with van der Waals surface area (Å²) in [5.41, 5.74) is 0.324. The summed E-state index contributed by atoms with van der Waals surface area (Å²) in [5.74, 6) is -1.20. The molecule has 3 N–H and O–H groups in total. The van der Waals surface area contributed by atoms with Gasteiger partial charge in [-0.05, 0) is 12.0 Å². The number of aliphatic hydroxyl groups excluding tert-OH is 1. The highest BCUT2D eigenvalue weighted by Crippen LogP contribution is 2.20. The van der Waals surface area contributed by atoms with Crippen molar-refractivity contribution in [3.05, 3.63) is 0 Å². The summed E-state index contributed by atoms with van der Waals surface area (Å²) in [7, 11) is 0.159. The summed E-state index contributed by atoms with van der Waals surface area (Å²) in [6.07, 6.45) is 5.39. The maximum atomic E-state index is 11.4. The molecule has 1 aliphatic heterocycles. The molecular formula is C12H24N2O3Si. The van der Waals surface area contributed by atoms with Crippen molar-refractivity contribution in [2.24, 2.45) is 0 Å². The monoisotopic (exact) mass is 272 g/mol. The first-order valence-electron chi connectivity index (χ1n) is 6.78. The Balaban J connectivity index is 2.27. The lowest BCUT2D eigenvalue weighted by Gasteiger charge is -2.20. The zero-order valence-electron chi connectivity index (χ0n) is 11.1. The van der Waals surface area contributed by atoms with Crippen molar-refractivity contribution in [2.45, 2.75) is 50.5 Å². The average Bonchev–Trinajstić information content (AvgIpc) is 2.71. The maximum Gasteiger partial charge on any atom is 0.317 e. The molecule has 1 fully saturated rings. The van der Waals surface area contributed by atoms with Crippen molar-refractivity contribution >= 4 is 15.6 Å². The fraction of sp³-hybridized carbons (Fsp3) is 0.917. The Kier molecular flexibility index (Phi) is 7.30. The van der Waals surface area contributed by atoms with Crippen LogP contribution in [0.2, 0.25) is 5.54 Å². The first-order valence-corrected chi connectivity index (χ1v) is 7.94. The number of urea groups is 1. The lowest BCUT2D eigenvalue weighted by molar-refractivity contribution is 0.0276. The van der Waals surface area contributed by atoms with Crippen molar-refractivity contribution in [1.82, 2.24) is 10.2 Å². The Bertz CT molecular complexity index is 251. The van der Waals surface area contributed by atoms with Crippen molar-refractivity contribution in [3.63, 3.8) is 0 Å². The minimum Gasteiger partial charge on any atom is -0.372 e. The van der Waals surface area contributed by atoms with Gasteiger partial charge < -0.3 is 20.4 Å². The second-order valence-electron chi connectivity index (χ2n) is 4.74. The van der Waals surface area contributed by atoms with Gasteiger partial charge in [0.05, 0.1) is 0 Å². The van der Waals surface area contributed by atoms with Gasteiger partial charge in [-0.3, -0.25) is 0 Å². The van der Waals surface area contributed by atoms with Crippen LogP contribution in [0, 0.1) is 0 Å². The highest BCUT2D eigenvalue weighted by Gasteiger charge is 2.21. The molecule has 0 aromatic rings. The zero-order valence-corrected chi connectivity index (χ0v) is 12.1. The minimum absolute atomic E-state index is 0.00943. The summed E-state index contributed by atoms with van der Waals surface area (Å²) in [5, 5.41) is 21.0. The molecule has 1 atom stereocenters. The van der Waals surface area contributed by atoms with E-state index in [1.807, 2.05) is 0 Å². The van der Waals surface area contributed by atoms with Gasteiger partial charge in [-0.25, -0.2) is 4.79 Å². The quantitative estimate of drug-likeness (QED) is 0.329. The van der Waals surface area contributed by atoms with E-state index in [9.17, 15) is 4.79 Å². The molecule has 5 nitrogen and oxygen atoms in total. The number of nitrogens with zero attached hydrogens (tertiary/aromatic N) is 1. The smallest absolute Gasteiger partial charge is 0.317 e. The van der Waals surface area contributed by atoms with Gasteiger partial charge in [0.2, 0.25) is 0 Å². The van der Waals surface area contributed by atoms with Crippen LogP contribution in [0.5, 0.6) is 0 Å². The fourth-order valence-electron chi connectivity index (χ4n) is 2.20. The standard InChI is InChI=1S/C12H24N2O3Si/c1-2-3-4-5-10(18-12(16)17)6-8-14-9-7-13-11(14)15/h10,12,16-17H,2-9H2,1H3,(H,13,15). The number of amides is 2.